The minimum atomic E-state index is -0.369. The van der Waals surface area contributed by atoms with Crippen LogP contribution >= 0.6 is 15.9 Å². The lowest BCUT2D eigenvalue weighted by Gasteiger charge is -1.98. The Morgan fingerprint density at radius 1 is 1.30 bits per heavy atom. The number of carbonyl (C=O) groups is 1. The number of nitrogens with zero attached hydrogens (tertiary/aromatic N) is 2. The first-order valence-electron chi connectivity index (χ1n) is 6.83. The van der Waals surface area contributed by atoms with E-state index < -0.39 is 0 Å². The van der Waals surface area contributed by atoms with Gasteiger partial charge in [0.25, 0.3) is 5.91 Å². The van der Waals surface area contributed by atoms with E-state index in [1.807, 2.05) is 24.3 Å². The molecule has 0 aliphatic heterocycles. The fourth-order valence-corrected chi connectivity index (χ4v) is 2.21. The molecule has 1 amide bonds. The molecule has 1 aromatic carbocycles. The van der Waals surface area contributed by atoms with Crippen LogP contribution in [0.15, 0.2) is 62.7 Å². The molecule has 0 aliphatic carbocycles. The molecule has 0 fully saturated rings. The van der Waals surface area contributed by atoms with E-state index in [-0.39, 0.29) is 5.91 Å². The number of aromatic amines is 1. The van der Waals surface area contributed by atoms with Crippen LogP contribution in [0.2, 0.25) is 0 Å². The molecule has 0 saturated heterocycles. The lowest BCUT2D eigenvalue weighted by atomic mass is 10.1. The van der Waals surface area contributed by atoms with E-state index >= 15 is 0 Å². The zero-order chi connectivity index (χ0) is 16.2. The molecular weight excluding hydrogens is 360 g/mol. The molecule has 2 heterocycles. The van der Waals surface area contributed by atoms with E-state index in [2.05, 4.69) is 36.7 Å². The first kappa shape index (κ1) is 15.2. The molecule has 0 atom stereocenters. The maximum atomic E-state index is 12.1. The predicted octanol–water partition coefficient (Wildman–Crippen LogP) is 3.59. The minimum Gasteiger partial charge on any atom is -0.463 e. The Bertz CT molecular complexity index is 835. The summed E-state index contributed by atoms with van der Waals surface area (Å²) in [5.74, 6) is 0.234. The smallest absolute Gasteiger partial charge is 0.289 e. The molecule has 0 unspecified atom stereocenters. The second kappa shape index (κ2) is 6.62. The third-order valence-corrected chi connectivity index (χ3v) is 3.69. The van der Waals surface area contributed by atoms with Crippen LogP contribution in [0.25, 0.3) is 11.3 Å². The summed E-state index contributed by atoms with van der Waals surface area (Å²) >= 11 is 3.38. The van der Waals surface area contributed by atoms with Crippen molar-refractivity contribution in [3.8, 4) is 11.3 Å². The highest BCUT2D eigenvalue weighted by atomic mass is 79.9. The molecule has 0 radical (unpaired) electrons. The van der Waals surface area contributed by atoms with Crippen molar-refractivity contribution in [2.45, 2.75) is 6.92 Å². The van der Waals surface area contributed by atoms with Gasteiger partial charge in [0.15, 0.2) is 0 Å². The normalized spacial score (nSPS) is 11.5. The molecule has 0 aliphatic rings. The van der Waals surface area contributed by atoms with Gasteiger partial charge in [0.1, 0.15) is 17.2 Å². The molecule has 7 heteroatoms. The number of nitrogens with one attached hydrogen (secondary N) is 2. The average Bonchev–Trinajstić information content (AvgIpc) is 3.24. The van der Waals surface area contributed by atoms with Gasteiger partial charge in [0.2, 0.25) is 0 Å². The number of hydrogen-bond donors (Lipinski definition) is 2. The van der Waals surface area contributed by atoms with Crippen molar-refractivity contribution >= 4 is 27.5 Å². The Balaban J connectivity index is 1.71. The largest absolute Gasteiger partial charge is 0.463 e. The zero-order valence-electron chi connectivity index (χ0n) is 12.2. The van der Waals surface area contributed by atoms with E-state index in [1.54, 1.807) is 31.4 Å². The van der Waals surface area contributed by atoms with Gasteiger partial charge in [-0.2, -0.15) is 10.2 Å². The fraction of sp³-hybridized carbons (Fsp3) is 0.0625. The van der Waals surface area contributed by atoms with E-state index in [4.69, 9.17) is 4.42 Å². The van der Waals surface area contributed by atoms with Gasteiger partial charge >= 0.3 is 0 Å². The van der Waals surface area contributed by atoms with Crippen LogP contribution in [0.4, 0.5) is 0 Å². The molecule has 2 aromatic heterocycles. The zero-order valence-corrected chi connectivity index (χ0v) is 13.8. The van der Waals surface area contributed by atoms with Gasteiger partial charge in [-0.1, -0.05) is 28.1 Å². The van der Waals surface area contributed by atoms with Gasteiger partial charge < -0.3 is 4.42 Å². The van der Waals surface area contributed by atoms with Crippen molar-refractivity contribution in [3.05, 3.63) is 64.7 Å². The van der Waals surface area contributed by atoms with Gasteiger partial charge in [0.05, 0.1) is 12.0 Å². The SMILES string of the molecule is CC(=NNC(=O)c1cc(-c2ccc(Br)cc2)n[nH]1)c1ccco1. The monoisotopic (exact) mass is 372 g/mol. The lowest BCUT2D eigenvalue weighted by molar-refractivity contribution is 0.0950. The summed E-state index contributed by atoms with van der Waals surface area (Å²) < 4.78 is 6.18. The second-order valence-corrected chi connectivity index (χ2v) is 5.70. The molecule has 23 heavy (non-hydrogen) atoms. The number of benzene rings is 1. The number of amides is 1. The molecule has 3 aromatic rings. The number of hydrazone groups is 1. The fourth-order valence-electron chi connectivity index (χ4n) is 1.94. The number of aromatic nitrogens is 2. The van der Waals surface area contributed by atoms with Gasteiger partial charge in [-0.05, 0) is 37.3 Å². The number of carbonyl (C=O) groups excluding carboxylic acids is 1. The topological polar surface area (TPSA) is 83.3 Å². The maximum absolute atomic E-state index is 12.1. The minimum absolute atomic E-state index is 0.332. The quantitative estimate of drug-likeness (QED) is 0.542. The maximum Gasteiger partial charge on any atom is 0.289 e. The van der Waals surface area contributed by atoms with Crippen molar-refractivity contribution in [1.82, 2.24) is 15.6 Å². The summed E-state index contributed by atoms with van der Waals surface area (Å²) in [6.07, 6.45) is 1.55. The van der Waals surface area contributed by atoms with Crippen LogP contribution in [-0.2, 0) is 0 Å². The van der Waals surface area contributed by atoms with Crippen LogP contribution < -0.4 is 5.43 Å². The summed E-state index contributed by atoms with van der Waals surface area (Å²) in [5.41, 5.74) is 4.99. The van der Waals surface area contributed by atoms with Gasteiger partial charge in [0, 0.05) is 10.0 Å². The summed E-state index contributed by atoms with van der Waals surface area (Å²) in [6.45, 7) is 1.75. The number of halogens is 1. The number of hydrogen-bond acceptors (Lipinski definition) is 4. The molecule has 0 saturated carbocycles. The number of rotatable bonds is 4. The Morgan fingerprint density at radius 3 is 2.78 bits per heavy atom. The molecule has 0 bridgehead atoms. The van der Waals surface area contributed by atoms with Crippen molar-refractivity contribution in [2.75, 3.05) is 0 Å². The van der Waals surface area contributed by atoms with Crippen molar-refractivity contribution in [2.24, 2.45) is 5.10 Å². The Kier molecular flexibility index (Phi) is 4.38. The first-order valence-corrected chi connectivity index (χ1v) is 7.62. The summed E-state index contributed by atoms with van der Waals surface area (Å²) in [7, 11) is 0. The number of H-pyrrole nitrogens is 1. The first-order chi connectivity index (χ1) is 11.1. The van der Waals surface area contributed by atoms with E-state index in [0.717, 1.165) is 10.0 Å². The van der Waals surface area contributed by atoms with Crippen LogP contribution in [-0.4, -0.2) is 21.8 Å². The summed E-state index contributed by atoms with van der Waals surface area (Å²) in [4.78, 5) is 12.1. The molecule has 3 rings (SSSR count). The lowest BCUT2D eigenvalue weighted by Crippen LogP contribution is -2.19. The molecule has 2 N–H and O–H groups in total. The third-order valence-electron chi connectivity index (χ3n) is 3.17. The van der Waals surface area contributed by atoms with Crippen LogP contribution in [0.5, 0.6) is 0 Å². The Morgan fingerprint density at radius 2 is 2.09 bits per heavy atom. The van der Waals surface area contributed by atoms with Crippen molar-refractivity contribution < 1.29 is 9.21 Å². The van der Waals surface area contributed by atoms with Gasteiger partial charge in [-0.3, -0.25) is 9.89 Å². The van der Waals surface area contributed by atoms with E-state index in [0.29, 0.717) is 22.9 Å². The summed E-state index contributed by atoms with van der Waals surface area (Å²) in [5, 5.41) is 10.9. The Hall–Kier alpha value is -2.67. The highest BCUT2D eigenvalue weighted by Crippen LogP contribution is 2.20. The van der Waals surface area contributed by atoms with E-state index in [9.17, 15) is 4.79 Å². The summed E-state index contributed by atoms with van der Waals surface area (Å²) in [6, 6.07) is 12.9. The predicted molar refractivity (Wildman–Crippen MR) is 90.1 cm³/mol. The number of furan rings is 1. The molecule has 0 spiro atoms. The van der Waals surface area contributed by atoms with Crippen molar-refractivity contribution in [3.63, 3.8) is 0 Å². The van der Waals surface area contributed by atoms with E-state index in [1.165, 1.54) is 0 Å². The third kappa shape index (κ3) is 3.57. The van der Waals surface area contributed by atoms with Gasteiger partial charge in [-0.25, -0.2) is 5.43 Å². The highest BCUT2D eigenvalue weighted by molar-refractivity contribution is 9.10. The van der Waals surface area contributed by atoms with Gasteiger partial charge in [-0.15, -0.1) is 0 Å². The molecule has 116 valence electrons. The van der Waals surface area contributed by atoms with Crippen LogP contribution in [0, 0.1) is 0 Å². The highest BCUT2D eigenvalue weighted by Gasteiger charge is 2.11. The molecular formula is C16H13BrN4O2. The average molecular weight is 373 g/mol. The second-order valence-electron chi connectivity index (χ2n) is 4.79. The van der Waals surface area contributed by atoms with Crippen molar-refractivity contribution in [1.29, 1.82) is 0 Å². The van der Waals surface area contributed by atoms with Crippen LogP contribution in [0.3, 0.4) is 0 Å². The molecule has 6 nitrogen and oxygen atoms in total. The van der Waals surface area contributed by atoms with Crippen LogP contribution in [0.1, 0.15) is 23.2 Å². The standard InChI is InChI=1S/C16H13BrN4O2/c1-10(15-3-2-8-23-15)18-21-16(22)14-9-13(19-20-14)11-4-6-12(17)7-5-11/h2-9H,1H3,(H,19,20)(H,21,22). The Labute approximate surface area is 140 Å².